The maximum Gasteiger partial charge on any atom is 0.264 e. The molecule has 0 unspecified atom stereocenters. The minimum Gasteiger partial charge on any atom is -0.354 e. The van der Waals surface area contributed by atoms with E-state index in [4.69, 9.17) is 23.2 Å². The molecule has 1 N–H and O–H groups in total. The predicted octanol–water partition coefficient (Wildman–Crippen LogP) is 6.75. The van der Waals surface area contributed by atoms with Crippen molar-refractivity contribution in [2.75, 3.05) is 17.4 Å². The standard InChI is InChI=1S/C34H35Cl2N3O4S/c1-2-3-21-37-34(41)32(23-26-13-6-4-7-14-26)38(24-27-15-12-16-28(35)22-27)33(40)25-39(31-20-11-10-19-30(31)36)44(42,43)29-17-8-5-9-18-29/h4-20,22,32H,2-3,21,23-25H2,1H3,(H,37,41)/t32-/m1/s1. The van der Waals surface area contributed by atoms with Gasteiger partial charge in [0.2, 0.25) is 11.8 Å². The van der Waals surface area contributed by atoms with Gasteiger partial charge >= 0.3 is 0 Å². The third-order valence-electron chi connectivity index (χ3n) is 7.07. The minimum atomic E-state index is -4.23. The molecule has 0 heterocycles. The van der Waals surface area contributed by atoms with Crippen LogP contribution in [-0.4, -0.2) is 44.3 Å². The summed E-state index contributed by atoms with van der Waals surface area (Å²) in [5.41, 5.74) is 1.70. The van der Waals surface area contributed by atoms with Crippen molar-refractivity contribution >= 4 is 50.7 Å². The van der Waals surface area contributed by atoms with Crippen molar-refractivity contribution in [3.8, 4) is 0 Å². The molecule has 1 atom stereocenters. The van der Waals surface area contributed by atoms with Gasteiger partial charge in [-0.2, -0.15) is 0 Å². The Morgan fingerprint density at radius 3 is 2.11 bits per heavy atom. The molecule has 4 rings (SSSR count). The Bertz CT molecular complexity index is 1650. The first-order valence-corrected chi connectivity index (χ1v) is 16.6. The van der Waals surface area contributed by atoms with E-state index in [1.54, 1.807) is 60.7 Å². The quantitative estimate of drug-likeness (QED) is 0.153. The van der Waals surface area contributed by atoms with Gasteiger partial charge in [0.15, 0.2) is 0 Å². The fourth-order valence-electron chi connectivity index (χ4n) is 4.78. The number of amides is 2. The highest BCUT2D eigenvalue weighted by molar-refractivity contribution is 7.92. The number of carbonyl (C=O) groups is 2. The summed E-state index contributed by atoms with van der Waals surface area (Å²) in [5.74, 6) is -0.899. The van der Waals surface area contributed by atoms with Gasteiger partial charge in [0.25, 0.3) is 10.0 Å². The molecule has 0 aliphatic rings. The lowest BCUT2D eigenvalue weighted by atomic mass is 10.0. The van der Waals surface area contributed by atoms with Crippen LogP contribution in [0.3, 0.4) is 0 Å². The molecule has 0 spiro atoms. The molecule has 0 fully saturated rings. The van der Waals surface area contributed by atoms with Crippen LogP contribution < -0.4 is 9.62 Å². The van der Waals surface area contributed by atoms with Crippen LogP contribution in [0.5, 0.6) is 0 Å². The van der Waals surface area contributed by atoms with Crippen molar-refractivity contribution in [3.05, 3.63) is 130 Å². The number of nitrogens with one attached hydrogen (secondary N) is 1. The number of carbonyl (C=O) groups excluding carboxylic acids is 2. The molecule has 4 aromatic carbocycles. The van der Waals surface area contributed by atoms with Crippen molar-refractivity contribution in [1.29, 1.82) is 0 Å². The van der Waals surface area contributed by atoms with Gasteiger partial charge in [-0.15, -0.1) is 0 Å². The summed E-state index contributed by atoms with van der Waals surface area (Å²) in [4.78, 5) is 29.6. The molecule has 4 aromatic rings. The highest BCUT2D eigenvalue weighted by atomic mass is 35.5. The van der Waals surface area contributed by atoms with Crippen molar-refractivity contribution in [1.82, 2.24) is 10.2 Å². The molecule has 7 nitrogen and oxygen atoms in total. The number of sulfonamides is 1. The van der Waals surface area contributed by atoms with Gasteiger partial charge in [-0.3, -0.25) is 13.9 Å². The molecular weight excluding hydrogens is 617 g/mol. The zero-order valence-electron chi connectivity index (χ0n) is 24.4. The number of anilines is 1. The summed E-state index contributed by atoms with van der Waals surface area (Å²) < 4.78 is 29.0. The first-order valence-electron chi connectivity index (χ1n) is 14.4. The maximum atomic E-state index is 14.4. The van der Waals surface area contributed by atoms with Crippen LogP contribution in [0, 0.1) is 0 Å². The summed E-state index contributed by atoms with van der Waals surface area (Å²) in [6.45, 7) is 1.92. The summed E-state index contributed by atoms with van der Waals surface area (Å²) in [6, 6.07) is 29.8. The van der Waals surface area contributed by atoms with Gasteiger partial charge in [0.1, 0.15) is 12.6 Å². The molecule has 0 aliphatic heterocycles. The van der Waals surface area contributed by atoms with E-state index in [0.29, 0.717) is 17.1 Å². The number of unbranched alkanes of at least 4 members (excludes halogenated alkanes) is 1. The number of para-hydroxylation sites is 1. The molecule has 0 saturated heterocycles. The smallest absolute Gasteiger partial charge is 0.264 e. The summed E-state index contributed by atoms with van der Waals surface area (Å²) in [5, 5.41) is 3.62. The molecule has 44 heavy (non-hydrogen) atoms. The molecule has 0 aromatic heterocycles. The second-order valence-corrected chi connectivity index (χ2v) is 13.0. The zero-order valence-corrected chi connectivity index (χ0v) is 26.7. The third-order valence-corrected chi connectivity index (χ3v) is 9.40. The van der Waals surface area contributed by atoms with Crippen molar-refractivity contribution in [2.45, 2.75) is 43.7 Å². The highest BCUT2D eigenvalue weighted by Crippen LogP contribution is 2.31. The molecule has 0 aliphatic carbocycles. The Balaban J connectivity index is 1.79. The molecule has 2 amide bonds. The normalized spacial score (nSPS) is 11.9. The summed E-state index contributed by atoms with van der Waals surface area (Å²) in [7, 11) is -4.23. The van der Waals surface area contributed by atoms with Crippen LogP contribution in [0.2, 0.25) is 10.0 Å². The Hall–Kier alpha value is -3.85. The Morgan fingerprint density at radius 1 is 0.818 bits per heavy atom. The van der Waals surface area contributed by atoms with Crippen LogP contribution in [0.25, 0.3) is 0 Å². The monoisotopic (exact) mass is 651 g/mol. The minimum absolute atomic E-state index is 0.00672. The Morgan fingerprint density at radius 2 is 1.45 bits per heavy atom. The second kappa shape index (κ2) is 15.7. The van der Waals surface area contributed by atoms with E-state index in [1.165, 1.54) is 17.0 Å². The maximum absolute atomic E-state index is 14.4. The number of hydrogen-bond donors (Lipinski definition) is 1. The molecule has 0 bridgehead atoms. The van der Waals surface area contributed by atoms with Crippen molar-refractivity contribution in [2.24, 2.45) is 0 Å². The van der Waals surface area contributed by atoms with Gasteiger partial charge in [-0.25, -0.2) is 8.42 Å². The fraction of sp³-hybridized carbons (Fsp3) is 0.235. The van der Waals surface area contributed by atoms with Crippen molar-refractivity contribution in [3.63, 3.8) is 0 Å². The topological polar surface area (TPSA) is 86.8 Å². The average molecular weight is 653 g/mol. The predicted molar refractivity (Wildman–Crippen MR) is 176 cm³/mol. The lowest BCUT2D eigenvalue weighted by molar-refractivity contribution is -0.140. The largest absolute Gasteiger partial charge is 0.354 e. The summed E-state index contributed by atoms with van der Waals surface area (Å²) in [6.07, 6.45) is 1.89. The molecular formula is C34H35Cl2N3O4S. The van der Waals surface area contributed by atoms with Crippen LogP contribution in [0.4, 0.5) is 5.69 Å². The first-order chi connectivity index (χ1) is 21.2. The molecule has 10 heteroatoms. The molecule has 230 valence electrons. The Kier molecular flexibility index (Phi) is 11.8. The van der Waals surface area contributed by atoms with E-state index >= 15 is 0 Å². The average Bonchev–Trinajstić information content (AvgIpc) is 3.03. The van der Waals surface area contributed by atoms with Crippen LogP contribution in [0.1, 0.15) is 30.9 Å². The number of nitrogens with zero attached hydrogens (tertiary/aromatic N) is 2. The van der Waals surface area contributed by atoms with Gasteiger partial charge in [-0.05, 0) is 53.9 Å². The zero-order chi connectivity index (χ0) is 31.5. The van der Waals surface area contributed by atoms with E-state index in [-0.39, 0.29) is 34.5 Å². The highest BCUT2D eigenvalue weighted by Gasteiger charge is 2.35. The van der Waals surface area contributed by atoms with Gasteiger partial charge in [-0.1, -0.05) is 109 Å². The second-order valence-electron chi connectivity index (χ2n) is 10.3. The number of hydrogen-bond acceptors (Lipinski definition) is 4. The van der Waals surface area contributed by atoms with Gasteiger partial charge < -0.3 is 10.2 Å². The van der Waals surface area contributed by atoms with Crippen LogP contribution in [-0.2, 0) is 32.6 Å². The van der Waals surface area contributed by atoms with E-state index in [1.807, 2.05) is 43.3 Å². The van der Waals surface area contributed by atoms with E-state index < -0.39 is 28.5 Å². The van der Waals surface area contributed by atoms with E-state index in [9.17, 15) is 18.0 Å². The van der Waals surface area contributed by atoms with Crippen LogP contribution >= 0.6 is 23.2 Å². The van der Waals surface area contributed by atoms with E-state index in [2.05, 4.69) is 5.32 Å². The summed E-state index contributed by atoms with van der Waals surface area (Å²) >= 11 is 12.8. The van der Waals surface area contributed by atoms with Gasteiger partial charge in [0.05, 0.1) is 15.6 Å². The SMILES string of the molecule is CCCCNC(=O)[C@@H](Cc1ccccc1)N(Cc1cccc(Cl)c1)C(=O)CN(c1ccccc1Cl)S(=O)(=O)c1ccccc1. The number of rotatable bonds is 14. The van der Waals surface area contributed by atoms with Crippen molar-refractivity contribution < 1.29 is 18.0 Å². The Labute approximate surface area is 269 Å². The number of halogens is 2. The fourth-order valence-corrected chi connectivity index (χ4v) is 6.73. The van der Waals surface area contributed by atoms with E-state index in [0.717, 1.165) is 22.7 Å². The number of benzene rings is 4. The lowest BCUT2D eigenvalue weighted by Gasteiger charge is -2.34. The molecule has 0 saturated carbocycles. The third kappa shape index (κ3) is 8.62. The lowest BCUT2D eigenvalue weighted by Crippen LogP contribution is -2.53. The van der Waals surface area contributed by atoms with Crippen LogP contribution in [0.15, 0.2) is 114 Å². The molecule has 0 radical (unpaired) electrons. The van der Waals surface area contributed by atoms with Gasteiger partial charge in [0, 0.05) is 24.5 Å². The first kappa shape index (κ1) is 33.1.